The van der Waals surface area contributed by atoms with Gasteiger partial charge in [-0.3, -0.25) is 14.9 Å². The van der Waals surface area contributed by atoms with Crippen molar-refractivity contribution in [1.82, 2.24) is 14.9 Å². The molecule has 0 bridgehead atoms. The molecule has 0 spiro atoms. The van der Waals surface area contributed by atoms with Gasteiger partial charge in [0.1, 0.15) is 17.5 Å². The van der Waals surface area contributed by atoms with E-state index in [0.717, 1.165) is 0 Å². The molecule has 0 saturated carbocycles. The lowest BCUT2D eigenvalue weighted by Gasteiger charge is -2.32. The zero-order valence-corrected chi connectivity index (χ0v) is 13.9. The highest BCUT2D eigenvalue weighted by Gasteiger charge is 2.26. The number of piperidine rings is 1. The average Bonchev–Trinajstić information content (AvgIpc) is 2.63. The summed E-state index contributed by atoms with van der Waals surface area (Å²) in [7, 11) is 0. The Morgan fingerprint density at radius 3 is 2.72 bits per heavy atom. The van der Waals surface area contributed by atoms with Crippen molar-refractivity contribution in [2.45, 2.75) is 18.9 Å². The van der Waals surface area contributed by atoms with Crippen LogP contribution in [0.1, 0.15) is 23.2 Å². The van der Waals surface area contributed by atoms with Gasteiger partial charge in [0.2, 0.25) is 5.88 Å². The predicted octanol–water partition coefficient (Wildman–Crippen LogP) is 2.72. The Kier molecular flexibility index (Phi) is 5.08. The van der Waals surface area contributed by atoms with Gasteiger partial charge in [-0.2, -0.15) is 0 Å². The van der Waals surface area contributed by atoms with Crippen LogP contribution in [0, 0.1) is 10.1 Å². The fourth-order valence-electron chi connectivity index (χ4n) is 2.66. The number of ether oxygens (including phenoxy) is 1. The van der Waals surface area contributed by atoms with Gasteiger partial charge in [0, 0.05) is 49.8 Å². The Balaban J connectivity index is 1.62. The summed E-state index contributed by atoms with van der Waals surface area (Å²) in [5.41, 5.74) is -0.0132. The summed E-state index contributed by atoms with van der Waals surface area (Å²) >= 11 is 5.78. The first kappa shape index (κ1) is 17.1. The molecule has 9 heteroatoms. The fourth-order valence-corrected chi connectivity index (χ4v) is 2.85. The van der Waals surface area contributed by atoms with Gasteiger partial charge in [-0.05, 0) is 12.1 Å². The monoisotopic (exact) mass is 362 g/mol. The van der Waals surface area contributed by atoms with E-state index in [9.17, 15) is 14.9 Å². The van der Waals surface area contributed by atoms with Crippen LogP contribution in [0.4, 0.5) is 5.69 Å². The molecule has 1 aliphatic rings. The van der Waals surface area contributed by atoms with E-state index in [-0.39, 0.29) is 28.3 Å². The Labute approximate surface area is 148 Å². The zero-order valence-electron chi connectivity index (χ0n) is 13.2. The van der Waals surface area contributed by atoms with Crippen molar-refractivity contribution >= 4 is 23.2 Å². The lowest BCUT2D eigenvalue weighted by Crippen LogP contribution is -2.41. The summed E-state index contributed by atoms with van der Waals surface area (Å²) in [6.45, 7) is 1.01. The number of carbonyl (C=O) groups is 1. The second kappa shape index (κ2) is 7.43. The topological polar surface area (TPSA) is 98.5 Å². The second-order valence-corrected chi connectivity index (χ2v) is 5.99. The van der Waals surface area contributed by atoms with Crippen LogP contribution in [-0.4, -0.2) is 44.9 Å². The van der Waals surface area contributed by atoms with E-state index in [4.69, 9.17) is 16.3 Å². The van der Waals surface area contributed by atoms with Crippen LogP contribution in [0.3, 0.4) is 0 Å². The number of nitrogens with zero attached hydrogens (tertiary/aromatic N) is 4. The van der Waals surface area contributed by atoms with E-state index < -0.39 is 4.92 Å². The van der Waals surface area contributed by atoms with Crippen LogP contribution in [0.25, 0.3) is 0 Å². The molecule has 0 N–H and O–H groups in total. The molecule has 0 aliphatic carbocycles. The minimum absolute atomic E-state index is 0.0125. The highest BCUT2D eigenvalue weighted by molar-refractivity contribution is 6.32. The van der Waals surface area contributed by atoms with E-state index >= 15 is 0 Å². The summed E-state index contributed by atoms with van der Waals surface area (Å²) in [5, 5.41) is 11.0. The smallest absolute Gasteiger partial charge is 0.288 e. The third kappa shape index (κ3) is 4.03. The molecule has 130 valence electrons. The van der Waals surface area contributed by atoms with Crippen LogP contribution in [0.5, 0.6) is 5.88 Å². The van der Waals surface area contributed by atoms with Crippen LogP contribution in [0.15, 0.2) is 36.8 Å². The Morgan fingerprint density at radius 1 is 1.32 bits per heavy atom. The third-order valence-corrected chi connectivity index (χ3v) is 4.28. The zero-order chi connectivity index (χ0) is 17.8. The summed E-state index contributed by atoms with van der Waals surface area (Å²) in [4.78, 5) is 32.4. The van der Waals surface area contributed by atoms with Crippen molar-refractivity contribution in [3.63, 3.8) is 0 Å². The summed E-state index contributed by atoms with van der Waals surface area (Å²) in [6, 6.07) is 5.78. The predicted molar refractivity (Wildman–Crippen MR) is 89.7 cm³/mol. The molecule has 0 atom stereocenters. The number of nitro groups is 1. The molecule has 2 aromatic rings. The van der Waals surface area contributed by atoms with Gasteiger partial charge in [-0.25, -0.2) is 9.97 Å². The maximum absolute atomic E-state index is 12.5. The number of amides is 1. The maximum Gasteiger partial charge on any atom is 0.288 e. The van der Waals surface area contributed by atoms with Gasteiger partial charge in [-0.1, -0.05) is 11.6 Å². The molecule has 1 aromatic heterocycles. The fraction of sp³-hybridized carbons (Fsp3) is 0.312. The molecule has 1 fully saturated rings. The molecule has 1 aliphatic heterocycles. The van der Waals surface area contributed by atoms with E-state index in [0.29, 0.717) is 31.8 Å². The van der Waals surface area contributed by atoms with Gasteiger partial charge in [0.15, 0.2) is 0 Å². The highest BCUT2D eigenvalue weighted by Crippen LogP contribution is 2.26. The first-order chi connectivity index (χ1) is 12.0. The van der Waals surface area contributed by atoms with Crippen molar-refractivity contribution in [3.8, 4) is 5.88 Å². The first-order valence-electron chi connectivity index (χ1n) is 7.70. The molecule has 1 saturated heterocycles. The van der Waals surface area contributed by atoms with Crippen LogP contribution in [0.2, 0.25) is 5.02 Å². The standard InChI is InChI=1S/C16H15ClN4O4/c17-13-2-1-11(9-14(13)21(23)24)16(22)20-7-4-12(5-8-20)25-15-3-6-18-10-19-15/h1-3,6,9-10,12H,4-5,7-8H2. The van der Waals surface area contributed by atoms with Crippen LogP contribution < -0.4 is 4.74 Å². The maximum atomic E-state index is 12.5. The van der Waals surface area contributed by atoms with E-state index in [1.165, 1.54) is 24.5 Å². The number of carbonyl (C=O) groups excluding carboxylic acids is 1. The van der Waals surface area contributed by atoms with Crippen molar-refractivity contribution in [2.24, 2.45) is 0 Å². The second-order valence-electron chi connectivity index (χ2n) is 5.58. The van der Waals surface area contributed by atoms with Crippen LogP contribution >= 0.6 is 11.6 Å². The molecule has 0 radical (unpaired) electrons. The molecule has 0 unspecified atom stereocenters. The minimum Gasteiger partial charge on any atom is -0.474 e. The van der Waals surface area contributed by atoms with Crippen molar-refractivity contribution < 1.29 is 14.5 Å². The molecular weight excluding hydrogens is 348 g/mol. The Hall–Kier alpha value is -2.74. The quantitative estimate of drug-likeness (QED) is 0.612. The Bertz CT molecular complexity index is 779. The van der Waals surface area contributed by atoms with Crippen molar-refractivity contribution in [2.75, 3.05) is 13.1 Å². The van der Waals surface area contributed by atoms with Crippen LogP contribution in [-0.2, 0) is 0 Å². The molecule has 1 aromatic carbocycles. The van der Waals surface area contributed by atoms with Gasteiger partial charge < -0.3 is 9.64 Å². The summed E-state index contributed by atoms with van der Waals surface area (Å²) in [5.74, 6) is 0.258. The number of hydrogen-bond acceptors (Lipinski definition) is 6. The molecule has 8 nitrogen and oxygen atoms in total. The summed E-state index contributed by atoms with van der Waals surface area (Å²) < 4.78 is 5.76. The molecule has 1 amide bonds. The van der Waals surface area contributed by atoms with E-state index in [2.05, 4.69) is 9.97 Å². The number of hydrogen-bond donors (Lipinski definition) is 0. The van der Waals surface area contributed by atoms with Gasteiger partial charge in [0.25, 0.3) is 11.6 Å². The minimum atomic E-state index is -0.596. The van der Waals surface area contributed by atoms with Gasteiger partial charge >= 0.3 is 0 Å². The molecule has 2 heterocycles. The first-order valence-corrected chi connectivity index (χ1v) is 8.08. The highest BCUT2D eigenvalue weighted by atomic mass is 35.5. The molecule has 25 heavy (non-hydrogen) atoms. The third-order valence-electron chi connectivity index (χ3n) is 3.96. The lowest BCUT2D eigenvalue weighted by atomic mass is 10.1. The lowest BCUT2D eigenvalue weighted by molar-refractivity contribution is -0.384. The van der Waals surface area contributed by atoms with E-state index in [1.807, 2.05) is 0 Å². The largest absolute Gasteiger partial charge is 0.474 e. The Morgan fingerprint density at radius 2 is 2.08 bits per heavy atom. The van der Waals surface area contributed by atoms with Crippen molar-refractivity contribution in [1.29, 1.82) is 0 Å². The van der Waals surface area contributed by atoms with Gasteiger partial charge in [-0.15, -0.1) is 0 Å². The SMILES string of the molecule is O=C(c1ccc(Cl)c([N+](=O)[O-])c1)N1CCC(Oc2ccncn2)CC1. The normalized spacial score (nSPS) is 15.0. The average molecular weight is 363 g/mol. The summed E-state index contributed by atoms with van der Waals surface area (Å²) in [6.07, 6.45) is 4.31. The van der Waals surface area contributed by atoms with E-state index in [1.54, 1.807) is 17.2 Å². The number of benzene rings is 1. The number of halogens is 1. The number of aromatic nitrogens is 2. The number of nitro benzene ring substituents is 1. The molecular formula is C16H15ClN4O4. The number of likely N-dealkylation sites (tertiary alicyclic amines) is 1. The van der Waals surface area contributed by atoms with Crippen molar-refractivity contribution in [3.05, 3.63) is 57.5 Å². The number of rotatable bonds is 4. The molecule has 3 rings (SSSR count). The van der Waals surface area contributed by atoms with Gasteiger partial charge in [0.05, 0.1) is 4.92 Å².